The topological polar surface area (TPSA) is 55.8 Å². The van der Waals surface area contributed by atoms with Gasteiger partial charge in [0.15, 0.2) is 0 Å². The Bertz CT molecular complexity index is 511. The molecule has 2 aliphatic heterocycles. The summed E-state index contributed by atoms with van der Waals surface area (Å²) in [5, 5.41) is 8.86. The standard InChI is InChI=1S/C16H20O4S/c17-15(18)9-12-2-1-3-13(8-12)20-14-4-6-19-16(10-14)5-7-21-11-16/h1-3,8,14H,4-7,9-11H2,(H,17,18). The average molecular weight is 308 g/mol. The summed E-state index contributed by atoms with van der Waals surface area (Å²) in [6.07, 6.45) is 3.14. The summed E-state index contributed by atoms with van der Waals surface area (Å²) in [6, 6.07) is 7.41. The maximum atomic E-state index is 10.8. The molecule has 5 heteroatoms. The van der Waals surface area contributed by atoms with Gasteiger partial charge in [-0.25, -0.2) is 0 Å². The van der Waals surface area contributed by atoms with E-state index in [1.165, 1.54) is 5.75 Å². The molecule has 3 rings (SSSR count). The monoisotopic (exact) mass is 308 g/mol. The van der Waals surface area contributed by atoms with Crippen molar-refractivity contribution < 1.29 is 19.4 Å². The lowest BCUT2D eigenvalue weighted by molar-refractivity contribution is -0.136. The molecule has 2 fully saturated rings. The van der Waals surface area contributed by atoms with Gasteiger partial charge in [-0.05, 0) is 29.9 Å². The van der Waals surface area contributed by atoms with Crippen LogP contribution in [0.1, 0.15) is 24.8 Å². The van der Waals surface area contributed by atoms with Crippen molar-refractivity contribution in [3.8, 4) is 5.75 Å². The molecule has 2 aliphatic rings. The first kappa shape index (κ1) is 14.7. The van der Waals surface area contributed by atoms with Crippen LogP contribution in [0, 0.1) is 0 Å². The number of carboxylic acid groups (broad SMARTS) is 1. The van der Waals surface area contributed by atoms with Gasteiger partial charge >= 0.3 is 5.97 Å². The van der Waals surface area contributed by atoms with Crippen molar-refractivity contribution in [2.45, 2.75) is 37.4 Å². The fourth-order valence-corrected chi connectivity index (χ4v) is 4.42. The lowest BCUT2D eigenvalue weighted by atomic mass is 9.91. The molecular weight excluding hydrogens is 288 g/mol. The van der Waals surface area contributed by atoms with E-state index in [4.69, 9.17) is 14.6 Å². The molecule has 0 radical (unpaired) electrons. The van der Waals surface area contributed by atoms with Crippen LogP contribution >= 0.6 is 11.8 Å². The number of hydrogen-bond acceptors (Lipinski definition) is 4. The van der Waals surface area contributed by atoms with Crippen molar-refractivity contribution >= 4 is 17.7 Å². The molecule has 1 aromatic carbocycles. The third-order valence-electron chi connectivity index (χ3n) is 4.07. The van der Waals surface area contributed by atoms with Gasteiger partial charge in [0.2, 0.25) is 0 Å². The second-order valence-corrected chi connectivity index (χ2v) is 6.89. The molecule has 1 aromatic rings. The molecular formula is C16H20O4S. The quantitative estimate of drug-likeness (QED) is 0.927. The summed E-state index contributed by atoms with van der Waals surface area (Å²) in [7, 11) is 0. The van der Waals surface area contributed by atoms with Gasteiger partial charge < -0.3 is 14.6 Å². The van der Waals surface area contributed by atoms with Crippen molar-refractivity contribution in [1.82, 2.24) is 0 Å². The Morgan fingerprint density at radius 2 is 2.43 bits per heavy atom. The molecule has 0 bridgehead atoms. The zero-order valence-electron chi connectivity index (χ0n) is 11.9. The summed E-state index contributed by atoms with van der Waals surface area (Å²) in [4.78, 5) is 10.8. The minimum absolute atomic E-state index is 0.00621. The molecule has 1 spiro atoms. The first-order valence-electron chi connectivity index (χ1n) is 7.34. The van der Waals surface area contributed by atoms with Crippen molar-refractivity contribution in [3.63, 3.8) is 0 Å². The fourth-order valence-electron chi connectivity index (χ4n) is 3.04. The van der Waals surface area contributed by atoms with Gasteiger partial charge in [-0.2, -0.15) is 11.8 Å². The van der Waals surface area contributed by atoms with E-state index in [0.717, 1.165) is 42.9 Å². The highest BCUT2D eigenvalue weighted by Crippen LogP contribution is 2.39. The van der Waals surface area contributed by atoms with Gasteiger partial charge in [0.25, 0.3) is 0 Å². The molecule has 0 aliphatic carbocycles. The second kappa shape index (κ2) is 6.28. The van der Waals surface area contributed by atoms with Crippen LogP contribution in [0.4, 0.5) is 0 Å². The van der Waals surface area contributed by atoms with Crippen molar-refractivity contribution in [1.29, 1.82) is 0 Å². The number of benzene rings is 1. The summed E-state index contributed by atoms with van der Waals surface area (Å²) < 4.78 is 12.1. The molecule has 21 heavy (non-hydrogen) atoms. The van der Waals surface area contributed by atoms with Gasteiger partial charge in [-0.3, -0.25) is 4.79 Å². The number of ether oxygens (including phenoxy) is 2. The molecule has 4 nitrogen and oxygen atoms in total. The van der Waals surface area contributed by atoms with Crippen molar-refractivity contribution in [2.24, 2.45) is 0 Å². The van der Waals surface area contributed by atoms with E-state index < -0.39 is 5.97 Å². The van der Waals surface area contributed by atoms with E-state index in [-0.39, 0.29) is 18.1 Å². The lowest BCUT2D eigenvalue weighted by Gasteiger charge is -2.37. The third-order valence-corrected chi connectivity index (χ3v) is 5.29. The maximum Gasteiger partial charge on any atom is 0.307 e. The lowest BCUT2D eigenvalue weighted by Crippen LogP contribution is -2.43. The summed E-state index contributed by atoms with van der Waals surface area (Å²) in [6.45, 7) is 0.750. The van der Waals surface area contributed by atoms with E-state index in [0.29, 0.717) is 0 Å². The van der Waals surface area contributed by atoms with Gasteiger partial charge in [0.05, 0.1) is 18.6 Å². The second-order valence-electron chi connectivity index (χ2n) is 5.78. The molecule has 0 amide bonds. The Balaban J connectivity index is 1.64. The number of carboxylic acids is 1. The zero-order valence-corrected chi connectivity index (χ0v) is 12.7. The summed E-state index contributed by atoms with van der Waals surface area (Å²) >= 11 is 1.95. The summed E-state index contributed by atoms with van der Waals surface area (Å²) in [5.74, 6) is 2.17. The predicted octanol–water partition coefficient (Wildman–Crippen LogP) is 2.75. The Morgan fingerprint density at radius 3 is 3.19 bits per heavy atom. The van der Waals surface area contributed by atoms with Crippen LogP contribution in [0.15, 0.2) is 24.3 Å². The van der Waals surface area contributed by atoms with Crippen LogP contribution in [0.25, 0.3) is 0 Å². The minimum atomic E-state index is -0.819. The number of hydrogen-bond donors (Lipinski definition) is 1. The van der Waals surface area contributed by atoms with Gasteiger partial charge in [-0.1, -0.05) is 12.1 Å². The van der Waals surface area contributed by atoms with E-state index in [2.05, 4.69) is 0 Å². The number of rotatable bonds is 4. The molecule has 2 atom stereocenters. The average Bonchev–Trinajstić information content (AvgIpc) is 2.86. The fraction of sp³-hybridized carbons (Fsp3) is 0.562. The van der Waals surface area contributed by atoms with E-state index in [9.17, 15) is 4.79 Å². The highest BCUT2D eigenvalue weighted by atomic mass is 32.2. The van der Waals surface area contributed by atoms with E-state index >= 15 is 0 Å². The molecule has 0 saturated carbocycles. The van der Waals surface area contributed by atoms with Gasteiger partial charge in [0.1, 0.15) is 11.9 Å². The van der Waals surface area contributed by atoms with Crippen molar-refractivity contribution in [3.05, 3.63) is 29.8 Å². The zero-order chi connectivity index (χ0) is 14.7. The van der Waals surface area contributed by atoms with Crippen LogP contribution in [-0.2, 0) is 16.0 Å². The Hall–Kier alpha value is -1.20. The van der Waals surface area contributed by atoms with E-state index in [1.54, 1.807) is 0 Å². The SMILES string of the molecule is O=C(O)Cc1cccc(OC2CCOC3(CCSC3)C2)c1. The van der Waals surface area contributed by atoms with Crippen LogP contribution in [0.2, 0.25) is 0 Å². The predicted molar refractivity (Wildman–Crippen MR) is 82.1 cm³/mol. The Morgan fingerprint density at radius 1 is 1.52 bits per heavy atom. The molecule has 2 heterocycles. The first-order chi connectivity index (χ1) is 10.2. The molecule has 1 N–H and O–H groups in total. The Labute approximate surface area is 128 Å². The Kier molecular flexibility index (Phi) is 4.40. The van der Waals surface area contributed by atoms with Crippen LogP contribution in [0.3, 0.4) is 0 Å². The molecule has 2 unspecified atom stereocenters. The van der Waals surface area contributed by atoms with E-state index in [1.807, 2.05) is 36.0 Å². The molecule has 0 aromatic heterocycles. The third kappa shape index (κ3) is 3.71. The van der Waals surface area contributed by atoms with Crippen molar-refractivity contribution in [2.75, 3.05) is 18.1 Å². The van der Waals surface area contributed by atoms with Crippen LogP contribution in [-0.4, -0.2) is 40.9 Å². The van der Waals surface area contributed by atoms with Crippen LogP contribution < -0.4 is 4.74 Å². The highest BCUT2D eigenvalue weighted by Gasteiger charge is 2.41. The first-order valence-corrected chi connectivity index (χ1v) is 8.50. The smallest absolute Gasteiger partial charge is 0.307 e. The maximum absolute atomic E-state index is 10.8. The highest BCUT2D eigenvalue weighted by molar-refractivity contribution is 7.99. The van der Waals surface area contributed by atoms with Gasteiger partial charge in [-0.15, -0.1) is 0 Å². The molecule has 114 valence electrons. The normalized spacial score (nSPS) is 28.7. The minimum Gasteiger partial charge on any atom is -0.490 e. The molecule has 2 saturated heterocycles. The number of carbonyl (C=O) groups is 1. The largest absolute Gasteiger partial charge is 0.490 e. The van der Waals surface area contributed by atoms with Gasteiger partial charge in [0, 0.05) is 18.6 Å². The summed E-state index contributed by atoms with van der Waals surface area (Å²) in [5.41, 5.74) is 0.782. The number of thioether (sulfide) groups is 1. The van der Waals surface area contributed by atoms with Crippen LogP contribution in [0.5, 0.6) is 5.75 Å². The number of aliphatic carboxylic acids is 1.